The van der Waals surface area contributed by atoms with Crippen molar-refractivity contribution in [3.05, 3.63) is 29.7 Å². The van der Waals surface area contributed by atoms with Crippen molar-refractivity contribution in [2.45, 2.75) is 32.7 Å². The summed E-state index contributed by atoms with van der Waals surface area (Å²) < 4.78 is 5.39. The number of carboxylic acid groups (broad SMARTS) is 1. The average Bonchev–Trinajstić information content (AvgIpc) is 2.81. The number of fused-ring (bicyclic) bond motifs is 1. The molecule has 0 radical (unpaired) electrons. The normalized spacial score (nSPS) is 13.9. The number of furan rings is 1. The zero-order chi connectivity index (χ0) is 14.9. The van der Waals surface area contributed by atoms with Crippen LogP contribution in [0.15, 0.2) is 22.6 Å². The van der Waals surface area contributed by atoms with Crippen LogP contribution in [-0.4, -0.2) is 27.5 Å². The number of nitrogens with zero attached hydrogens (tertiary/aromatic N) is 1. The molecule has 0 aliphatic rings. The molecular formula is C14H16N2O4. The average molecular weight is 276 g/mol. The molecule has 2 aromatic heterocycles. The second-order valence-corrected chi connectivity index (χ2v) is 4.89. The van der Waals surface area contributed by atoms with Gasteiger partial charge in [0.2, 0.25) is 0 Å². The van der Waals surface area contributed by atoms with Crippen LogP contribution < -0.4 is 5.32 Å². The van der Waals surface area contributed by atoms with Crippen molar-refractivity contribution < 1.29 is 19.1 Å². The highest BCUT2D eigenvalue weighted by Gasteiger charge is 2.33. The maximum absolute atomic E-state index is 12.1. The van der Waals surface area contributed by atoms with Gasteiger partial charge in [-0.15, -0.1) is 0 Å². The maximum atomic E-state index is 12.1. The number of aryl methyl sites for hydroxylation is 1. The van der Waals surface area contributed by atoms with Crippen molar-refractivity contribution >= 4 is 23.0 Å². The van der Waals surface area contributed by atoms with Gasteiger partial charge in [0.05, 0.1) is 0 Å². The largest absolute Gasteiger partial charge is 0.480 e. The van der Waals surface area contributed by atoms with Crippen molar-refractivity contribution in [1.29, 1.82) is 0 Å². The van der Waals surface area contributed by atoms with Gasteiger partial charge in [0.25, 0.3) is 5.91 Å². The second kappa shape index (κ2) is 4.96. The number of carboxylic acids is 1. The molecule has 2 heterocycles. The molecule has 0 aliphatic heterocycles. The highest BCUT2D eigenvalue weighted by atomic mass is 16.4. The maximum Gasteiger partial charge on any atom is 0.329 e. The fourth-order valence-electron chi connectivity index (χ4n) is 1.74. The summed E-state index contributed by atoms with van der Waals surface area (Å²) in [7, 11) is 0. The van der Waals surface area contributed by atoms with Crippen molar-refractivity contribution in [3.8, 4) is 0 Å². The zero-order valence-electron chi connectivity index (χ0n) is 11.6. The third-order valence-electron chi connectivity index (χ3n) is 3.31. The molecule has 0 spiro atoms. The molecule has 0 aliphatic carbocycles. The third kappa shape index (κ3) is 2.49. The summed E-state index contributed by atoms with van der Waals surface area (Å²) in [6.45, 7) is 4.99. The molecular weight excluding hydrogens is 260 g/mol. The second-order valence-electron chi connectivity index (χ2n) is 4.89. The van der Waals surface area contributed by atoms with Gasteiger partial charge in [0.15, 0.2) is 11.3 Å². The number of aliphatic carboxylic acids is 1. The smallest absolute Gasteiger partial charge is 0.329 e. The number of aromatic nitrogens is 1. The van der Waals surface area contributed by atoms with E-state index >= 15 is 0 Å². The Balaban J connectivity index is 2.29. The lowest BCUT2D eigenvalue weighted by Gasteiger charge is -2.23. The molecule has 1 unspecified atom stereocenters. The zero-order valence-corrected chi connectivity index (χ0v) is 11.6. The molecule has 6 nitrogen and oxygen atoms in total. The lowest BCUT2D eigenvalue weighted by Crippen LogP contribution is -2.51. The van der Waals surface area contributed by atoms with Crippen molar-refractivity contribution in [1.82, 2.24) is 10.3 Å². The monoisotopic (exact) mass is 276 g/mol. The molecule has 6 heteroatoms. The van der Waals surface area contributed by atoms with E-state index in [2.05, 4.69) is 10.3 Å². The standard InChI is InChI=1S/C14H16N2O4/c1-4-14(3,13(18)19)16-12(17)11-7-9-10(20-11)6-5-8(2)15-9/h5-7H,4H2,1-3H3,(H,16,17)(H,18,19). The Morgan fingerprint density at radius 1 is 1.45 bits per heavy atom. The molecule has 20 heavy (non-hydrogen) atoms. The molecule has 2 N–H and O–H groups in total. The van der Waals surface area contributed by atoms with E-state index in [4.69, 9.17) is 9.52 Å². The number of hydrogen-bond donors (Lipinski definition) is 2. The van der Waals surface area contributed by atoms with E-state index < -0.39 is 17.4 Å². The summed E-state index contributed by atoms with van der Waals surface area (Å²) >= 11 is 0. The van der Waals surface area contributed by atoms with Gasteiger partial charge in [-0.05, 0) is 32.4 Å². The number of nitrogens with one attached hydrogen (secondary N) is 1. The molecule has 0 bridgehead atoms. The Kier molecular flexibility index (Phi) is 3.48. The molecule has 0 fully saturated rings. The number of carbonyl (C=O) groups excluding carboxylic acids is 1. The summed E-state index contributed by atoms with van der Waals surface area (Å²) in [5, 5.41) is 11.6. The minimum Gasteiger partial charge on any atom is -0.480 e. The highest BCUT2D eigenvalue weighted by molar-refractivity contribution is 5.98. The summed E-state index contributed by atoms with van der Waals surface area (Å²) in [4.78, 5) is 27.5. The van der Waals surface area contributed by atoms with Crippen LogP contribution in [0.3, 0.4) is 0 Å². The van der Waals surface area contributed by atoms with Crippen molar-refractivity contribution in [2.24, 2.45) is 0 Å². The van der Waals surface area contributed by atoms with Gasteiger partial charge in [-0.3, -0.25) is 4.79 Å². The molecule has 0 saturated heterocycles. The summed E-state index contributed by atoms with van der Waals surface area (Å²) in [6.07, 6.45) is 0.270. The minimum atomic E-state index is -1.32. The van der Waals surface area contributed by atoms with Gasteiger partial charge in [0.1, 0.15) is 11.1 Å². The Labute approximate surface area is 115 Å². The van der Waals surface area contributed by atoms with E-state index in [0.717, 1.165) is 5.69 Å². The van der Waals surface area contributed by atoms with Gasteiger partial charge in [-0.1, -0.05) is 6.92 Å². The third-order valence-corrected chi connectivity index (χ3v) is 3.31. The van der Waals surface area contributed by atoms with Gasteiger partial charge in [-0.2, -0.15) is 0 Å². The van der Waals surface area contributed by atoms with E-state index in [9.17, 15) is 9.59 Å². The van der Waals surface area contributed by atoms with Crippen LogP contribution >= 0.6 is 0 Å². The van der Waals surface area contributed by atoms with Crippen LogP contribution in [0, 0.1) is 6.92 Å². The molecule has 2 aromatic rings. The summed E-state index contributed by atoms with van der Waals surface area (Å²) in [5.74, 6) is -1.59. The first kappa shape index (κ1) is 14.0. The van der Waals surface area contributed by atoms with Crippen LogP contribution in [0.1, 0.15) is 36.5 Å². The fourth-order valence-corrected chi connectivity index (χ4v) is 1.74. The summed E-state index contributed by atoms with van der Waals surface area (Å²) in [6, 6.07) is 5.02. The van der Waals surface area contributed by atoms with E-state index in [1.165, 1.54) is 13.0 Å². The van der Waals surface area contributed by atoms with Crippen molar-refractivity contribution in [3.63, 3.8) is 0 Å². The van der Waals surface area contributed by atoms with E-state index in [-0.39, 0.29) is 12.2 Å². The number of amides is 1. The molecule has 1 amide bonds. The predicted molar refractivity (Wildman–Crippen MR) is 72.5 cm³/mol. The first-order valence-electron chi connectivity index (χ1n) is 6.29. The Morgan fingerprint density at radius 3 is 2.75 bits per heavy atom. The lowest BCUT2D eigenvalue weighted by molar-refractivity contribution is -0.143. The first-order valence-corrected chi connectivity index (χ1v) is 6.29. The van der Waals surface area contributed by atoms with Gasteiger partial charge in [-0.25, -0.2) is 9.78 Å². The van der Waals surface area contributed by atoms with Gasteiger partial charge < -0.3 is 14.8 Å². The SMILES string of the molecule is CCC(C)(NC(=O)c1cc2nc(C)ccc2o1)C(=O)O. The van der Waals surface area contributed by atoms with Crippen LogP contribution in [0.25, 0.3) is 11.1 Å². The molecule has 2 rings (SSSR count). The quantitative estimate of drug-likeness (QED) is 0.892. The minimum absolute atomic E-state index is 0.0547. The van der Waals surface area contributed by atoms with Crippen LogP contribution in [0.4, 0.5) is 0 Å². The Hall–Kier alpha value is -2.37. The summed E-state index contributed by atoms with van der Waals surface area (Å²) in [5.41, 5.74) is 0.562. The van der Waals surface area contributed by atoms with E-state index in [1.807, 2.05) is 6.92 Å². The number of pyridine rings is 1. The van der Waals surface area contributed by atoms with Crippen LogP contribution in [0.5, 0.6) is 0 Å². The highest BCUT2D eigenvalue weighted by Crippen LogP contribution is 2.19. The Bertz CT molecular complexity index is 677. The van der Waals surface area contributed by atoms with Gasteiger partial charge in [0, 0.05) is 11.8 Å². The lowest BCUT2D eigenvalue weighted by atomic mass is 9.99. The van der Waals surface area contributed by atoms with Crippen molar-refractivity contribution in [2.75, 3.05) is 0 Å². The molecule has 1 atom stereocenters. The van der Waals surface area contributed by atoms with Crippen LogP contribution in [-0.2, 0) is 4.79 Å². The number of rotatable bonds is 4. The Morgan fingerprint density at radius 2 is 2.15 bits per heavy atom. The fraction of sp³-hybridized carbons (Fsp3) is 0.357. The first-order chi connectivity index (χ1) is 9.35. The molecule has 0 aromatic carbocycles. The number of hydrogen-bond acceptors (Lipinski definition) is 4. The molecule has 0 saturated carbocycles. The number of carbonyl (C=O) groups is 2. The van der Waals surface area contributed by atoms with E-state index in [0.29, 0.717) is 11.1 Å². The predicted octanol–water partition coefficient (Wildman–Crippen LogP) is 2.12. The topological polar surface area (TPSA) is 92.4 Å². The molecule has 106 valence electrons. The van der Waals surface area contributed by atoms with Gasteiger partial charge >= 0.3 is 5.97 Å². The van der Waals surface area contributed by atoms with E-state index in [1.54, 1.807) is 19.1 Å². The van der Waals surface area contributed by atoms with Crippen LogP contribution in [0.2, 0.25) is 0 Å².